The minimum absolute atomic E-state index is 0.330. The Morgan fingerprint density at radius 1 is 1.45 bits per heavy atom. The Bertz CT molecular complexity index is 408. The summed E-state index contributed by atoms with van der Waals surface area (Å²) in [5, 5.41) is 8.01. The first-order valence-electron chi connectivity index (χ1n) is 8.12. The van der Waals surface area contributed by atoms with E-state index in [9.17, 15) is 0 Å². The third-order valence-electron chi connectivity index (χ3n) is 4.31. The molecule has 1 unspecified atom stereocenters. The minimum atomic E-state index is 0.330. The van der Waals surface area contributed by atoms with Gasteiger partial charge in [-0.1, -0.05) is 27.7 Å². The van der Waals surface area contributed by atoms with Crippen LogP contribution in [0.25, 0.3) is 0 Å². The van der Waals surface area contributed by atoms with Gasteiger partial charge in [0.25, 0.3) is 0 Å². The van der Waals surface area contributed by atoms with E-state index in [2.05, 4.69) is 47.8 Å². The van der Waals surface area contributed by atoms with Crippen molar-refractivity contribution in [1.82, 2.24) is 20.1 Å². The van der Waals surface area contributed by atoms with Crippen LogP contribution in [0.3, 0.4) is 0 Å². The highest BCUT2D eigenvalue weighted by atomic mass is 15.3. The van der Waals surface area contributed by atoms with Crippen LogP contribution in [0.15, 0.2) is 6.33 Å². The lowest BCUT2D eigenvalue weighted by molar-refractivity contribution is 0.245. The molecule has 1 aromatic rings. The zero-order valence-electron chi connectivity index (χ0n) is 13.5. The Balaban J connectivity index is 2.02. The molecule has 0 aromatic carbocycles. The summed E-state index contributed by atoms with van der Waals surface area (Å²) in [7, 11) is 0. The van der Waals surface area contributed by atoms with Gasteiger partial charge in [0.15, 0.2) is 0 Å². The number of hydrogen-bond donors (Lipinski definition) is 1. The summed E-state index contributed by atoms with van der Waals surface area (Å²) in [4.78, 5) is 4.52. The van der Waals surface area contributed by atoms with Crippen LogP contribution < -0.4 is 5.32 Å². The van der Waals surface area contributed by atoms with Crippen LogP contribution in [-0.4, -0.2) is 27.9 Å². The molecular weight excluding hydrogens is 248 g/mol. The summed E-state index contributed by atoms with van der Waals surface area (Å²) in [6.07, 6.45) is 6.71. The molecule has 2 rings (SSSR count). The van der Waals surface area contributed by atoms with Gasteiger partial charge >= 0.3 is 0 Å². The Morgan fingerprint density at radius 3 is 2.80 bits per heavy atom. The van der Waals surface area contributed by atoms with Crippen molar-refractivity contribution in [3.8, 4) is 0 Å². The summed E-state index contributed by atoms with van der Waals surface area (Å²) < 4.78 is 2.10. The molecule has 114 valence electrons. The first-order valence-corrected chi connectivity index (χ1v) is 8.12. The molecular formula is C16H30N4. The smallest absolute Gasteiger partial charge is 0.138 e. The van der Waals surface area contributed by atoms with Crippen molar-refractivity contribution in [3.63, 3.8) is 0 Å². The molecule has 20 heavy (non-hydrogen) atoms. The molecule has 0 radical (unpaired) electrons. The predicted molar refractivity (Wildman–Crippen MR) is 82.6 cm³/mol. The van der Waals surface area contributed by atoms with E-state index in [1.165, 1.54) is 19.3 Å². The van der Waals surface area contributed by atoms with Crippen molar-refractivity contribution in [3.05, 3.63) is 12.2 Å². The van der Waals surface area contributed by atoms with Crippen LogP contribution >= 0.6 is 0 Å². The van der Waals surface area contributed by atoms with Gasteiger partial charge in [0.2, 0.25) is 0 Å². The van der Waals surface area contributed by atoms with Crippen molar-refractivity contribution in [2.24, 2.45) is 17.3 Å². The molecule has 0 aliphatic heterocycles. The highest BCUT2D eigenvalue weighted by Gasteiger charge is 2.42. The fourth-order valence-corrected chi connectivity index (χ4v) is 2.97. The summed E-state index contributed by atoms with van der Waals surface area (Å²) in [6.45, 7) is 12.3. The van der Waals surface area contributed by atoms with Crippen molar-refractivity contribution in [2.45, 2.75) is 59.9 Å². The third-order valence-corrected chi connectivity index (χ3v) is 4.31. The maximum absolute atomic E-state index is 4.52. The normalized spacial score (nSPS) is 18.4. The van der Waals surface area contributed by atoms with E-state index >= 15 is 0 Å². The molecule has 4 heteroatoms. The van der Waals surface area contributed by atoms with E-state index in [0.29, 0.717) is 11.3 Å². The molecule has 1 aromatic heterocycles. The molecule has 1 heterocycles. The second-order valence-electron chi connectivity index (χ2n) is 7.03. The fraction of sp³-hybridized carbons (Fsp3) is 0.875. The van der Waals surface area contributed by atoms with E-state index in [4.69, 9.17) is 0 Å². The van der Waals surface area contributed by atoms with Gasteiger partial charge in [-0.25, -0.2) is 9.67 Å². The van der Waals surface area contributed by atoms with Crippen LogP contribution in [0.2, 0.25) is 0 Å². The lowest BCUT2D eigenvalue weighted by Crippen LogP contribution is -2.37. The van der Waals surface area contributed by atoms with Crippen LogP contribution in [0, 0.1) is 17.3 Å². The van der Waals surface area contributed by atoms with E-state index in [1.807, 2.05) is 0 Å². The summed E-state index contributed by atoms with van der Waals surface area (Å²) in [5.41, 5.74) is 0.330. The monoisotopic (exact) mass is 278 g/mol. The van der Waals surface area contributed by atoms with Crippen molar-refractivity contribution in [1.29, 1.82) is 0 Å². The van der Waals surface area contributed by atoms with Gasteiger partial charge in [-0.3, -0.25) is 0 Å². The minimum Gasteiger partial charge on any atom is -0.316 e. The van der Waals surface area contributed by atoms with E-state index < -0.39 is 0 Å². The van der Waals surface area contributed by atoms with Gasteiger partial charge in [0, 0.05) is 19.5 Å². The molecule has 4 nitrogen and oxygen atoms in total. The molecule has 0 bridgehead atoms. The molecule has 1 N–H and O–H groups in total. The van der Waals surface area contributed by atoms with Gasteiger partial charge in [0.05, 0.1) is 0 Å². The van der Waals surface area contributed by atoms with Crippen molar-refractivity contribution >= 4 is 0 Å². The SMILES string of the molecule is CCCNCC(C)(Cc1ncnn1CC(C)C)C1CC1. The molecule has 0 saturated heterocycles. The molecule has 1 aliphatic carbocycles. The van der Waals surface area contributed by atoms with Crippen LogP contribution in [0.5, 0.6) is 0 Å². The maximum atomic E-state index is 4.52. The van der Waals surface area contributed by atoms with Crippen molar-refractivity contribution < 1.29 is 0 Å². The number of nitrogens with one attached hydrogen (secondary N) is 1. The number of aromatic nitrogens is 3. The first kappa shape index (κ1) is 15.5. The summed E-state index contributed by atoms with van der Waals surface area (Å²) in [5.74, 6) is 2.63. The van der Waals surface area contributed by atoms with Gasteiger partial charge in [-0.05, 0) is 43.1 Å². The zero-order valence-corrected chi connectivity index (χ0v) is 13.5. The largest absolute Gasteiger partial charge is 0.316 e. The second kappa shape index (κ2) is 6.70. The summed E-state index contributed by atoms with van der Waals surface area (Å²) >= 11 is 0. The standard InChI is InChI=1S/C16H30N4/c1-5-8-17-11-16(4,14-6-7-14)9-15-18-12-19-20(15)10-13(2)3/h12-14,17H,5-11H2,1-4H3. The third kappa shape index (κ3) is 4.05. The highest BCUT2D eigenvalue weighted by Crippen LogP contribution is 2.46. The van der Waals surface area contributed by atoms with E-state index in [-0.39, 0.29) is 0 Å². The summed E-state index contributed by atoms with van der Waals surface area (Å²) in [6, 6.07) is 0. The number of hydrogen-bond acceptors (Lipinski definition) is 3. The topological polar surface area (TPSA) is 42.7 Å². The Hall–Kier alpha value is -0.900. The molecule has 0 spiro atoms. The lowest BCUT2D eigenvalue weighted by Gasteiger charge is -2.30. The zero-order chi connectivity index (χ0) is 14.6. The van der Waals surface area contributed by atoms with Gasteiger partial charge in [0.1, 0.15) is 12.2 Å². The van der Waals surface area contributed by atoms with Crippen LogP contribution in [0.1, 0.15) is 52.8 Å². The van der Waals surface area contributed by atoms with Gasteiger partial charge in [-0.2, -0.15) is 5.10 Å². The lowest BCUT2D eigenvalue weighted by atomic mass is 9.81. The average Bonchev–Trinajstić information content (AvgIpc) is 3.15. The Morgan fingerprint density at radius 2 is 2.20 bits per heavy atom. The quantitative estimate of drug-likeness (QED) is 0.706. The van der Waals surface area contributed by atoms with Crippen LogP contribution in [-0.2, 0) is 13.0 Å². The molecule has 1 aliphatic rings. The Labute approximate surface area is 123 Å². The number of rotatable bonds is 9. The van der Waals surface area contributed by atoms with E-state index in [0.717, 1.165) is 37.8 Å². The Kier molecular flexibility index (Phi) is 5.19. The molecule has 0 amide bonds. The van der Waals surface area contributed by atoms with Gasteiger partial charge in [-0.15, -0.1) is 0 Å². The number of nitrogens with zero attached hydrogens (tertiary/aromatic N) is 3. The highest BCUT2D eigenvalue weighted by molar-refractivity contribution is 5.00. The molecule has 1 atom stereocenters. The second-order valence-corrected chi connectivity index (χ2v) is 7.03. The van der Waals surface area contributed by atoms with Crippen LogP contribution in [0.4, 0.5) is 0 Å². The molecule has 1 fully saturated rings. The van der Waals surface area contributed by atoms with Gasteiger partial charge < -0.3 is 5.32 Å². The van der Waals surface area contributed by atoms with E-state index in [1.54, 1.807) is 6.33 Å². The average molecular weight is 278 g/mol. The first-order chi connectivity index (χ1) is 9.55. The van der Waals surface area contributed by atoms with Crippen molar-refractivity contribution in [2.75, 3.05) is 13.1 Å². The molecule has 1 saturated carbocycles. The predicted octanol–water partition coefficient (Wildman–Crippen LogP) is 2.89. The maximum Gasteiger partial charge on any atom is 0.138 e. The fourth-order valence-electron chi connectivity index (χ4n) is 2.97.